The number of hydrogen-bond donors (Lipinski definition) is 2. The van der Waals surface area contributed by atoms with Crippen LogP contribution in [-0.4, -0.2) is 31.1 Å². The van der Waals surface area contributed by atoms with Gasteiger partial charge < -0.3 is 15.4 Å². The lowest BCUT2D eigenvalue weighted by atomic mass is 10.1. The summed E-state index contributed by atoms with van der Waals surface area (Å²) in [6.45, 7) is 2.05. The largest absolute Gasteiger partial charge is 0.497 e. The quantitative estimate of drug-likeness (QED) is 0.694. The molecule has 2 rings (SSSR count). The molecule has 1 aromatic carbocycles. The molecule has 0 aliphatic carbocycles. The summed E-state index contributed by atoms with van der Waals surface area (Å²) in [6.07, 6.45) is 4.88. The van der Waals surface area contributed by atoms with Gasteiger partial charge >= 0.3 is 0 Å². The van der Waals surface area contributed by atoms with Crippen LogP contribution in [0.15, 0.2) is 48.8 Å². The number of ether oxygens (including phenoxy) is 1. The fourth-order valence-corrected chi connectivity index (χ4v) is 2.14. The van der Waals surface area contributed by atoms with Crippen molar-refractivity contribution in [1.29, 1.82) is 0 Å². The van der Waals surface area contributed by atoms with Crippen molar-refractivity contribution in [2.24, 2.45) is 0 Å². The molecule has 5 heteroatoms. The van der Waals surface area contributed by atoms with E-state index in [0.717, 1.165) is 24.3 Å². The van der Waals surface area contributed by atoms with Gasteiger partial charge in [-0.15, -0.1) is 0 Å². The highest BCUT2D eigenvalue weighted by atomic mass is 16.5. The van der Waals surface area contributed by atoms with Gasteiger partial charge in [-0.05, 0) is 42.3 Å². The first-order chi connectivity index (χ1) is 11.3. The zero-order chi connectivity index (χ0) is 16.3. The van der Waals surface area contributed by atoms with Crippen LogP contribution in [0.1, 0.15) is 17.5 Å². The highest BCUT2D eigenvalue weighted by Crippen LogP contribution is 2.11. The fourth-order valence-electron chi connectivity index (χ4n) is 2.14. The highest BCUT2D eigenvalue weighted by Gasteiger charge is 2.01. The van der Waals surface area contributed by atoms with E-state index in [4.69, 9.17) is 4.74 Å². The molecule has 0 fully saturated rings. The maximum atomic E-state index is 11.7. The number of methoxy groups -OCH3 is 1. The Bertz CT molecular complexity index is 585. The number of aromatic nitrogens is 1. The smallest absolute Gasteiger partial charge is 0.221 e. The molecule has 2 N–H and O–H groups in total. The molecule has 23 heavy (non-hydrogen) atoms. The molecular formula is C18H23N3O2. The molecule has 0 unspecified atom stereocenters. The van der Waals surface area contributed by atoms with Crippen LogP contribution in [0.2, 0.25) is 0 Å². The SMILES string of the molecule is COc1ccc(CCNCCC(=O)NCc2cccnc2)cc1. The van der Waals surface area contributed by atoms with Crippen molar-refractivity contribution in [3.05, 3.63) is 59.9 Å². The molecular weight excluding hydrogens is 290 g/mol. The predicted octanol–water partition coefficient (Wildman–Crippen LogP) is 1.93. The number of carbonyl (C=O) groups is 1. The zero-order valence-electron chi connectivity index (χ0n) is 13.4. The number of amides is 1. The molecule has 0 radical (unpaired) electrons. The van der Waals surface area contributed by atoms with Gasteiger partial charge in [0.05, 0.1) is 7.11 Å². The van der Waals surface area contributed by atoms with E-state index in [2.05, 4.69) is 27.8 Å². The second kappa shape index (κ2) is 9.58. The first-order valence-electron chi connectivity index (χ1n) is 7.77. The van der Waals surface area contributed by atoms with Crippen LogP contribution in [0.3, 0.4) is 0 Å². The summed E-state index contributed by atoms with van der Waals surface area (Å²) in [7, 11) is 1.66. The zero-order valence-corrected chi connectivity index (χ0v) is 13.4. The van der Waals surface area contributed by atoms with Crippen LogP contribution in [0, 0.1) is 0 Å². The fraction of sp³-hybridized carbons (Fsp3) is 0.333. The van der Waals surface area contributed by atoms with Crippen LogP contribution in [0.25, 0.3) is 0 Å². The number of hydrogen-bond acceptors (Lipinski definition) is 4. The molecule has 0 atom stereocenters. The second-order valence-corrected chi connectivity index (χ2v) is 5.24. The number of rotatable bonds is 9. The highest BCUT2D eigenvalue weighted by molar-refractivity contribution is 5.76. The predicted molar refractivity (Wildman–Crippen MR) is 90.3 cm³/mol. The summed E-state index contributed by atoms with van der Waals surface area (Å²) >= 11 is 0. The summed E-state index contributed by atoms with van der Waals surface area (Å²) in [6, 6.07) is 11.8. The van der Waals surface area contributed by atoms with E-state index in [9.17, 15) is 4.79 Å². The molecule has 1 amide bonds. The molecule has 1 heterocycles. The molecule has 0 aliphatic rings. The minimum absolute atomic E-state index is 0.0470. The van der Waals surface area contributed by atoms with Crippen molar-refractivity contribution in [3.63, 3.8) is 0 Å². The van der Waals surface area contributed by atoms with Crippen molar-refractivity contribution in [2.75, 3.05) is 20.2 Å². The third kappa shape index (κ3) is 6.48. The van der Waals surface area contributed by atoms with E-state index in [1.807, 2.05) is 24.3 Å². The number of benzene rings is 1. The Morgan fingerprint density at radius 3 is 2.65 bits per heavy atom. The molecule has 0 saturated carbocycles. The molecule has 122 valence electrons. The van der Waals surface area contributed by atoms with Crippen LogP contribution < -0.4 is 15.4 Å². The van der Waals surface area contributed by atoms with Crippen LogP contribution in [-0.2, 0) is 17.8 Å². The summed E-state index contributed by atoms with van der Waals surface area (Å²) < 4.78 is 5.13. The topological polar surface area (TPSA) is 63.2 Å². The van der Waals surface area contributed by atoms with Crippen LogP contribution in [0.5, 0.6) is 5.75 Å². The molecule has 0 saturated heterocycles. The van der Waals surface area contributed by atoms with Gasteiger partial charge in [0, 0.05) is 31.9 Å². The first-order valence-corrected chi connectivity index (χ1v) is 7.77. The Labute approximate surface area is 137 Å². The molecule has 1 aromatic heterocycles. The standard InChI is InChI=1S/C18H23N3O2/c1-23-17-6-4-15(5-7-17)8-11-19-12-9-18(22)21-14-16-3-2-10-20-13-16/h2-7,10,13,19H,8-9,11-12,14H2,1H3,(H,21,22). The van der Waals surface area contributed by atoms with Gasteiger partial charge in [-0.3, -0.25) is 9.78 Å². The molecule has 0 spiro atoms. The van der Waals surface area contributed by atoms with E-state index in [1.165, 1.54) is 5.56 Å². The summed E-state index contributed by atoms with van der Waals surface area (Å²) in [5.41, 5.74) is 2.26. The Hall–Kier alpha value is -2.40. The first kappa shape index (κ1) is 17.0. The summed E-state index contributed by atoms with van der Waals surface area (Å²) in [5.74, 6) is 0.915. The van der Waals surface area contributed by atoms with E-state index < -0.39 is 0 Å². The summed E-state index contributed by atoms with van der Waals surface area (Å²) in [4.78, 5) is 15.8. The third-order valence-corrected chi connectivity index (χ3v) is 3.49. The number of nitrogens with zero attached hydrogens (tertiary/aromatic N) is 1. The van der Waals surface area contributed by atoms with Gasteiger partial charge in [0.2, 0.25) is 5.91 Å². The molecule has 2 aromatic rings. The van der Waals surface area contributed by atoms with Gasteiger partial charge in [0.1, 0.15) is 5.75 Å². The van der Waals surface area contributed by atoms with Gasteiger partial charge in [-0.1, -0.05) is 18.2 Å². The van der Waals surface area contributed by atoms with E-state index in [0.29, 0.717) is 19.5 Å². The Morgan fingerprint density at radius 1 is 1.13 bits per heavy atom. The van der Waals surface area contributed by atoms with Crippen molar-refractivity contribution in [3.8, 4) is 5.75 Å². The Morgan fingerprint density at radius 2 is 1.96 bits per heavy atom. The van der Waals surface area contributed by atoms with Crippen LogP contribution in [0.4, 0.5) is 0 Å². The van der Waals surface area contributed by atoms with E-state index >= 15 is 0 Å². The van der Waals surface area contributed by atoms with Crippen molar-refractivity contribution >= 4 is 5.91 Å². The molecule has 0 bridgehead atoms. The van der Waals surface area contributed by atoms with Gasteiger partial charge in [0.25, 0.3) is 0 Å². The monoisotopic (exact) mass is 313 g/mol. The number of carbonyl (C=O) groups excluding carboxylic acids is 1. The maximum Gasteiger partial charge on any atom is 0.221 e. The Balaban J connectivity index is 1.55. The minimum atomic E-state index is 0.0470. The summed E-state index contributed by atoms with van der Waals surface area (Å²) in [5, 5.41) is 6.17. The van der Waals surface area contributed by atoms with Gasteiger partial charge in [-0.25, -0.2) is 0 Å². The van der Waals surface area contributed by atoms with E-state index in [-0.39, 0.29) is 5.91 Å². The molecule has 5 nitrogen and oxygen atoms in total. The average molecular weight is 313 g/mol. The van der Waals surface area contributed by atoms with Crippen molar-refractivity contribution in [1.82, 2.24) is 15.6 Å². The number of pyridine rings is 1. The number of nitrogens with one attached hydrogen (secondary N) is 2. The van der Waals surface area contributed by atoms with Gasteiger partial charge in [0.15, 0.2) is 0 Å². The minimum Gasteiger partial charge on any atom is -0.497 e. The lowest BCUT2D eigenvalue weighted by Gasteiger charge is -2.07. The van der Waals surface area contributed by atoms with Gasteiger partial charge in [-0.2, -0.15) is 0 Å². The van der Waals surface area contributed by atoms with E-state index in [1.54, 1.807) is 19.5 Å². The second-order valence-electron chi connectivity index (χ2n) is 5.24. The molecule has 0 aliphatic heterocycles. The normalized spacial score (nSPS) is 10.3. The Kier molecular flexibility index (Phi) is 7.07. The lowest BCUT2D eigenvalue weighted by Crippen LogP contribution is -2.28. The third-order valence-electron chi connectivity index (χ3n) is 3.49. The maximum absolute atomic E-state index is 11.7. The lowest BCUT2D eigenvalue weighted by molar-refractivity contribution is -0.121. The van der Waals surface area contributed by atoms with Crippen molar-refractivity contribution < 1.29 is 9.53 Å². The van der Waals surface area contributed by atoms with Crippen LogP contribution >= 0.6 is 0 Å². The van der Waals surface area contributed by atoms with Crippen molar-refractivity contribution in [2.45, 2.75) is 19.4 Å². The average Bonchev–Trinajstić information content (AvgIpc) is 2.61.